The first-order valence-corrected chi connectivity index (χ1v) is 26.0. The fourth-order valence-corrected chi connectivity index (χ4v) is 10.6. The van der Waals surface area contributed by atoms with Crippen LogP contribution in [0, 0.1) is 0 Å². The van der Waals surface area contributed by atoms with Crippen molar-refractivity contribution in [3.63, 3.8) is 0 Å². The predicted molar refractivity (Wildman–Crippen MR) is 229 cm³/mol. The standard InChI is InChI=1S/C40H48N2O18S4/c1-39(15-5-3-9-35(43)44)29-21-25(63(55,56)57)11-13-31(29)41(17-7-19-61(49,50)51)33(39)23-27-37(47)28(38(27)48)24-34-40(2,16-6-4-10-36(45)46)30-22-26(64(58,59)60)12-14-32(30)42(34)18-8-20-62(52,53)54/h11-14,21-24H,3-10,15-20H2,1-2H3,(H6-,43,44,45,46,47,48,49,50,51,52,53,54,55,56,57,58,59,60)/p+1/t39-,40-/m1/s1. The number of anilines is 1. The first kappa shape index (κ1) is 50.2. The quantitative estimate of drug-likeness (QED) is 0.0373. The number of nitrogens with zero attached hydrogens (tertiary/aromatic N) is 2. The average molecular weight is 974 g/mol. The number of carboxylic acids is 2. The lowest BCUT2D eigenvalue weighted by Crippen LogP contribution is -2.35. The molecule has 350 valence electrons. The number of ketones is 1. The van der Waals surface area contributed by atoms with Crippen molar-refractivity contribution in [3.8, 4) is 0 Å². The second kappa shape index (κ2) is 18.6. The highest BCUT2D eigenvalue weighted by atomic mass is 32.2. The number of rotatable bonds is 22. The van der Waals surface area contributed by atoms with Gasteiger partial charge in [0.1, 0.15) is 12.3 Å². The zero-order valence-electron chi connectivity index (χ0n) is 34.7. The molecule has 0 fully saturated rings. The molecule has 0 aromatic heterocycles. The van der Waals surface area contributed by atoms with Gasteiger partial charge in [0.2, 0.25) is 11.5 Å². The molecule has 5 rings (SSSR count). The molecule has 24 heteroatoms. The molecular formula is C40H49N2O18S4+. The van der Waals surface area contributed by atoms with Crippen LogP contribution in [0.25, 0.3) is 0 Å². The number of fused-ring (bicyclic) bond motifs is 2. The van der Waals surface area contributed by atoms with Gasteiger partial charge < -0.3 is 20.2 Å². The molecule has 0 unspecified atom stereocenters. The van der Waals surface area contributed by atoms with Crippen LogP contribution in [0.5, 0.6) is 0 Å². The Hall–Kier alpha value is -4.82. The molecule has 7 N–H and O–H groups in total. The summed E-state index contributed by atoms with van der Waals surface area (Å²) in [4.78, 5) is 37.6. The fraction of sp³-hybridized carbons (Fsp3) is 0.450. The van der Waals surface area contributed by atoms with E-state index in [2.05, 4.69) is 0 Å². The predicted octanol–water partition coefficient (Wildman–Crippen LogP) is 4.37. The highest BCUT2D eigenvalue weighted by Gasteiger charge is 2.50. The highest BCUT2D eigenvalue weighted by Crippen LogP contribution is 2.53. The molecule has 3 aliphatic rings. The number of aliphatic hydroxyl groups excluding tert-OH is 1. The Morgan fingerprint density at radius 1 is 0.688 bits per heavy atom. The Morgan fingerprint density at radius 2 is 1.20 bits per heavy atom. The number of aliphatic carboxylic acids is 2. The molecule has 2 atom stereocenters. The van der Waals surface area contributed by atoms with Crippen molar-refractivity contribution in [3.05, 3.63) is 82.3 Å². The van der Waals surface area contributed by atoms with Crippen molar-refractivity contribution in [2.45, 2.75) is 98.7 Å². The maximum Gasteiger partial charge on any atom is 0.303 e. The molecule has 2 aromatic rings. The summed E-state index contributed by atoms with van der Waals surface area (Å²) in [5.74, 6) is -4.80. The van der Waals surface area contributed by atoms with E-state index in [-0.39, 0.29) is 99.9 Å². The van der Waals surface area contributed by atoms with E-state index in [0.29, 0.717) is 22.5 Å². The Morgan fingerprint density at radius 3 is 1.72 bits per heavy atom. The number of benzene rings is 2. The van der Waals surface area contributed by atoms with Crippen LogP contribution in [0.4, 0.5) is 11.4 Å². The Bertz CT molecular complexity index is 2860. The van der Waals surface area contributed by atoms with Gasteiger partial charge in [0.05, 0.1) is 37.9 Å². The summed E-state index contributed by atoms with van der Waals surface area (Å²) >= 11 is 0. The van der Waals surface area contributed by atoms with Crippen LogP contribution in [0.3, 0.4) is 0 Å². The number of hydrogen-bond acceptors (Lipinski definition) is 13. The van der Waals surface area contributed by atoms with Gasteiger partial charge in [-0.15, -0.1) is 0 Å². The largest absolute Gasteiger partial charge is 0.506 e. The number of carboxylic acid groups (broad SMARTS) is 2. The minimum absolute atomic E-state index is 0.125. The topological polar surface area (TPSA) is 336 Å². The summed E-state index contributed by atoms with van der Waals surface area (Å²) < 4.78 is 137. The molecule has 1 aliphatic carbocycles. The van der Waals surface area contributed by atoms with Gasteiger partial charge in [-0.25, -0.2) is 0 Å². The number of carbonyl (C=O) groups excluding carboxylic acids is 1. The third-order valence-corrected chi connectivity index (χ3v) is 15.1. The number of aliphatic hydroxyl groups is 1. The first-order chi connectivity index (χ1) is 29.5. The number of Topliss-reactive ketones (excluding diaryl/α,β-unsaturated/α-hetero) is 1. The van der Waals surface area contributed by atoms with Gasteiger partial charge in [-0.1, -0.05) is 12.8 Å². The summed E-state index contributed by atoms with van der Waals surface area (Å²) in [5, 5.41) is 30.3. The van der Waals surface area contributed by atoms with Crippen molar-refractivity contribution in [1.29, 1.82) is 0 Å². The Kier molecular flexibility index (Phi) is 14.6. The normalized spacial score (nSPS) is 21.5. The van der Waals surface area contributed by atoms with Crippen LogP contribution in [0.1, 0.15) is 89.2 Å². The summed E-state index contributed by atoms with van der Waals surface area (Å²) in [6.07, 6.45) is 2.99. The smallest absolute Gasteiger partial charge is 0.303 e. The number of allylic oxidation sites excluding steroid dienone is 5. The molecule has 0 saturated heterocycles. The van der Waals surface area contributed by atoms with Gasteiger partial charge in [-0.2, -0.15) is 38.2 Å². The lowest BCUT2D eigenvalue weighted by atomic mass is 9.73. The van der Waals surface area contributed by atoms with Crippen molar-refractivity contribution in [2.75, 3.05) is 29.5 Å². The molecule has 0 bridgehead atoms. The summed E-state index contributed by atoms with van der Waals surface area (Å²) in [5.41, 5.74) is -1.25. The van der Waals surface area contributed by atoms with Crippen LogP contribution in [0.2, 0.25) is 0 Å². The maximum absolute atomic E-state index is 14.3. The third kappa shape index (κ3) is 11.2. The second-order valence-corrected chi connectivity index (χ2v) is 22.3. The van der Waals surface area contributed by atoms with Gasteiger partial charge in [-0.05, 0) is 87.9 Å². The summed E-state index contributed by atoms with van der Waals surface area (Å²) in [6.45, 7) is 3.08. The molecule has 0 spiro atoms. The highest BCUT2D eigenvalue weighted by molar-refractivity contribution is 7.86. The lowest BCUT2D eigenvalue weighted by Gasteiger charge is -2.32. The molecule has 2 aromatic carbocycles. The lowest BCUT2D eigenvalue weighted by molar-refractivity contribution is -0.437. The van der Waals surface area contributed by atoms with Gasteiger partial charge >= 0.3 is 11.9 Å². The minimum Gasteiger partial charge on any atom is -0.506 e. The van der Waals surface area contributed by atoms with Crippen molar-refractivity contribution < 1.29 is 86.2 Å². The van der Waals surface area contributed by atoms with Gasteiger partial charge in [0, 0.05) is 60.3 Å². The van der Waals surface area contributed by atoms with E-state index in [1.165, 1.54) is 36.4 Å². The summed E-state index contributed by atoms with van der Waals surface area (Å²) in [7, 11) is -18.4. The van der Waals surface area contributed by atoms with Crippen LogP contribution in [-0.4, -0.2) is 120 Å². The van der Waals surface area contributed by atoms with Crippen molar-refractivity contribution in [2.24, 2.45) is 0 Å². The van der Waals surface area contributed by atoms with Crippen molar-refractivity contribution >= 4 is 75.3 Å². The zero-order chi connectivity index (χ0) is 47.8. The minimum atomic E-state index is -4.76. The molecule has 2 heterocycles. The number of unbranched alkanes of at least 4 members (excludes halogenated alkanes) is 2. The van der Waals surface area contributed by atoms with Gasteiger partial charge in [0.15, 0.2) is 5.71 Å². The first-order valence-electron chi connectivity index (χ1n) is 19.9. The van der Waals surface area contributed by atoms with E-state index in [0.717, 1.165) is 12.1 Å². The second-order valence-electron chi connectivity index (χ2n) is 16.3. The number of carbonyl (C=O) groups is 3. The van der Waals surface area contributed by atoms with Gasteiger partial charge in [-0.3, -0.25) is 32.6 Å². The van der Waals surface area contributed by atoms with E-state index in [1.807, 2.05) is 0 Å². The molecule has 20 nitrogen and oxygen atoms in total. The van der Waals surface area contributed by atoms with E-state index in [1.54, 1.807) is 23.3 Å². The zero-order valence-corrected chi connectivity index (χ0v) is 37.9. The van der Waals surface area contributed by atoms with Crippen LogP contribution in [-0.2, 0) is 65.7 Å². The van der Waals surface area contributed by atoms with E-state index in [9.17, 15) is 81.6 Å². The van der Waals surface area contributed by atoms with E-state index < -0.39 is 96.1 Å². The monoisotopic (exact) mass is 973 g/mol. The molecule has 0 amide bonds. The third-order valence-electron chi connectivity index (χ3n) is 11.8. The average Bonchev–Trinajstić information content (AvgIpc) is 3.54. The van der Waals surface area contributed by atoms with E-state index in [4.69, 9.17) is 0 Å². The molecule has 0 saturated carbocycles. The Labute approximate surface area is 370 Å². The molecular weight excluding hydrogens is 925 g/mol. The fourth-order valence-electron chi connectivity index (χ4n) is 8.62. The summed E-state index contributed by atoms with van der Waals surface area (Å²) in [6, 6.07) is 7.35. The van der Waals surface area contributed by atoms with Crippen LogP contribution in [0.15, 0.2) is 80.9 Å². The molecule has 64 heavy (non-hydrogen) atoms. The maximum atomic E-state index is 14.3. The SMILES string of the molecule is C[C@]1(CCCCC(=O)O)C(=CC2=C(O)C(=CC3=[N+](CCCS(=O)(=O)O)c4ccc(S(=O)(=O)O)cc4[C@@]3(C)CCCCC(=O)O)C2=O)N(CCCS(=O)(=O)O)c2ccc(S(=O)(=O)O)cc21. The van der Waals surface area contributed by atoms with E-state index >= 15 is 0 Å². The molecule has 2 aliphatic heterocycles. The van der Waals surface area contributed by atoms with Crippen LogP contribution >= 0.6 is 0 Å². The molecule has 0 radical (unpaired) electrons. The Balaban J connectivity index is 1.70. The van der Waals surface area contributed by atoms with Crippen LogP contribution < -0.4 is 4.90 Å². The number of hydrogen-bond donors (Lipinski definition) is 7. The van der Waals surface area contributed by atoms with Gasteiger partial charge in [0.25, 0.3) is 40.5 Å². The van der Waals surface area contributed by atoms with Crippen molar-refractivity contribution in [1.82, 2.24) is 0 Å².